The van der Waals surface area contributed by atoms with Gasteiger partial charge < -0.3 is 10.6 Å². The molecule has 0 saturated heterocycles. The molecule has 0 fully saturated rings. The maximum absolute atomic E-state index is 11.6. The van der Waals surface area contributed by atoms with Gasteiger partial charge in [0.1, 0.15) is 4.38 Å². The van der Waals surface area contributed by atoms with Gasteiger partial charge >= 0.3 is 0 Å². The molecule has 0 rings (SSSR count). The number of thioether (sulfide) groups is 2. The number of nitrogens with one attached hydrogen (secondary N) is 2. The van der Waals surface area contributed by atoms with E-state index in [9.17, 15) is 9.59 Å². The lowest BCUT2D eigenvalue weighted by atomic mass is 10.3. The molecule has 0 aliphatic rings. The third-order valence-corrected chi connectivity index (χ3v) is 4.70. The molecule has 0 unspecified atom stereocenters. The van der Waals surface area contributed by atoms with Crippen LogP contribution in [0, 0.1) is 11.5 Å². The second-order valence-corrected chi connectivity index (χ2v) is 6.65. The molecular weight excluding hydrogens is 320 g/mol. The Kier molecular flexibility index (Phi) is 13.9. The van der Waals surface area contributed by atoms with Gasteiger partial charge in [0.05, 0.1) is 11.5 Å². The molecule has 0 atom stereocenters. The van der Waals surface area contributed by atoms with Crippen molar-refractivity contribution in [1.29, 1.82) is 5.26 Å². The summed E-state index contributed by atoms with van der Waals surface area (Å²) in [4.78, 5) is 26.8. The fraction of sp³-hybridized carbons (Fsp3) is 0.714. The van der Waals surface area contributed by atoms with Crippen molar-refractivity contribution in [2.24, 2.45) is 4.99 Å². The van der Waals surface area contributed by atoms with E-state index in [1.165, 1.54) is 23.5 Å². The molecule has 22 heavy (non-hydrogen) atoms. The molecule has 2 N–H and O–H groups in total. The van der Waals surface area contributed by atoms with E-state index in [2.05, 4.69) is 29.5 Å². The van der Waals surface area contributed by atoms with E-state index in [0.717, 1.165) is 25.7 Å². The average molecular weight is 345 g/mol. The Hall–Kier alpha value is -1.20. The van der Waals surface area contributed by atoms with E-state index in [1.807, 2.05) is 0 Å². The van der Waals surface area contributed by atoms with Gasteiger partial charge in [-0.25, -0.2) is 0 Å². The molecule has 0 radical (unpaired) electrons. The number of carbonyl (C=O) groups excluding carboxylic acids is 2. The second-order valence-electron chi connectivity index (χ2n) is 4.46. The minimum atomic E-state index is -0.0860. The lowest BCUT2D eigenvalue weighted by Crippen LogP contribution is -2.27. The molecule has 0 aromatic rings. The monoisotopic (exact) mass is 344 g/mol. The molecule has 0 heterocycles. The van der Waals surface area contributed by atoms with Crippen LogP contribution in [0.4, 0.5) is 0 Å². The molecule has 0 aromatic heterocycles. The van der Waals surface area contributed by atoms with Crippen LogP contribution in [0.2, 0.25) is 0 Å². The van der Waals surface area contributed by atoms with E-state index in [0.29, 0.717) is 17.5 Å². The standard InChI is InChI=1S/C14H24N4O2S2/c1-3-5-7-16-12(19)9-21-14(18-11-15)22-10-13(20)17-8-6-4-2/h3-10H2,1-2H3,(H,16,19)(H,17,20). The fourth-order valence-corrected chi connectivity index (χ4v) is 2.92. The van der Waals surface area contributed by atoms with Crippen LogP contribution in [0.3, 0.4) is 0 Å². The summed E-state index contributed by atoms with van der Waals surface area (Å²) in [6.45, 7) is 5.43. The first-order valence-corrected chi connectivity index (χ1v) is 9.36. The van der Waals surface area contributed by atoms with Crippen molar-refractivity contribution in [2.75, 3.05) is 24.6 Å². The number of aliphatic imine (C=N–C) groups is 1. The van der Waals surface area contributed by atoms with Crippen LogP contribution < -0.4 is 10.6 Å². The van der Waals surface area contributed by atoms with Gasteiger partial charge in [-0.1, -0.05) is 50.2 Å². The largest absolute Gasteiger partial charge is 0.355 e. The van der Waals surface area contributed by atoms with E-state index in [1.54, 1.807) is 6.19 Å². The zero-order valence-electron chi connectivity index (χ0n) is 13.2. The number of hydrogen-bond acceptors (Lipinski definition) is 6. The topological polar surface area (TPSA) is 94.3 Å². The Bertz CT molecular complexity index is 380. The van der Waals surface area contributed by atoms with Crippen LogP contribution in [0.1, 0.15) is 39.5 Å². The van der Waals surface area contributed by atoms with Gasteiger partial charge in [0.2, 0.25) is 18.0 Å². The van der Waals surface area contributed by atoms with Crippen molar-refractivity contribution in [3.63, 3.8) is 0 Å². The normalized spacial score (nSPS) is 9.68. The summed E-state index contributed by atoms with van der Waals surface area (Å²) in [7, 11) is 0. The Morgan fingerprint density at radius 1 is 1.00 bits per heavy atom. The quantitative estimate of drug-likeness (QED) is 0.274. The van der Waals surface area contributed by atoms with Gasteiger partial charge in [-0.05, 0) is 12.8 Å². The van der Waals surface area contributed by atoms with Crippen LogP contribution in [-0.2, 0) is 9.59 Å². The molecule has 0 spiro atoms. The number of hydrogen-bond donors (Lipinski definition) is 2. The summed E-state index contributed by atoms with van der Waals surface area (Å²) in [6, 6.07) is 0. The highest BCUT2D eigenvalue weighted by Crippen LogP contribution is 2.17. The van der Waals surface area contributed by atoms with E-state index < -0.39 is 0 Å². The molecule has 2 amide bonds. The molecular formula is C14H24N4O2S2. The van der Waals surface area contributed by atoms with Crippen LogP contribution in [0.15, 0.2) is 4.99 Å². The minimum absolute atomic E-state index is 0.0860. The van der Waals surface area contributed by atoms with Crippen molar-refractivity contribution in [3.05, 3.63) is 0 Å². The fourth-order valence-electron chi connectivity index (χ4n) is 1.31. The van der Waals surface area contributed by atoms with Crippen molar-refractivity contribution in [3.8, 4) is 6.19 Å². The lowest BCUT2D eigenvalue weighted by molar-refractivity contribution is -0.119. The molecule has 0 bridgehead atoms. The summed E-state index contributed by atoms with van der Waals surface area (Å²) >= 11 is 2.36. The Labute approximate surface area is 140 Å². The maximum Gasteiger partial charge on any atom is 0.230 e. The first kappa shape index (κ1) is 20.8. The summed E-state index contributed by atoms with van der Waals surface area (Å²) in [5.41, 5.74) is 0. The van der Waals surface area contributed by atoms with Crippen molar-refractivity contribution < 1.29 is 9.59 Å². The zero-order valence-corrected chi connectivity index (χ0v) is 14.8. The molecule has 124 valence electrons. The van der Waals surface area contributed by atoms with Crippen LogP contribution in [-0.4, -0.2) is 40.8 Å². The first-order valence-electron chi connectivity index (χ1n) is 7.39. The maximum atomic E-state index is 11.6. The Balaban J connectivity index is 4.02. The summed E-state index contributed by atoms with van der Waals surface area (Å²) in [5, 5.41) is 14.2. The molecule has 0 aromatic carbocycles. The average Bonchev–Trinajstić information content (AvgIpc) is 2.50. The predicted octanol–water partition coefficient (Wildman–Crippen LogP) is 2.12. The summed E-state index contributed by atoms with van der Waals surface area (Å²) < 4.78 is 0.443. The highest BCUT2D eigenvalue weighted by Gasteiger charge is 2.09. The number of rotatable bonds is 10. The van der Waals surface area contributed by atoms with Gasteiger partial charge in [-0.2, -0.15) is 10.3 Å². The van der Waals surface area contributed by atoms with Gasteiger partial charge in [0.25, 0.3) is 0 Å². The third-order valence-electron chi connectivity index (χ3n) is 2.50. The number of carbonyl (C=O) groups is 2. The van der Waals surface area contributed by atoms with E-state index in [-0.39, 0.29) is 23.3 Å². The predicted molar refractivity (Wildman–Crippen MR) is 93.8 cm³/mol. The van der Waals surface area contributed by atoms with Gasteiger partial charge in [-0.15, -0.1) is 0 Å². The van der Waals surface area contributed by atoms with Gasteiger partial charge in [0.15, 0.2) is 0 Å². The van der Waals surface area contributed by atoms with E-state index in [4.69, 9.17) is 5.26 Å². The number of nitriles is 1. The highest BCUT2D eigenvalue weighted by atomic mass is 32.2. The van der Waals surface area contributed by atoms with Crippen LogP contribution in [0.5, 0.6) is 0 Å². The molecule has 0 saturated carbocycles. The van der Waals surface area contributed by atoms with Crippen molar-refractivity contribution >= 4 is 39.7 Å². The van der Waals surface area contributed by atoms with Crippen LogP contribution in [0.25, 0.3) is 0 Å². The smallest absolute Gasteiger partial charge is 0.230 e. The lowest BCUT2D eigenvalue weighted by Gasteiger charge is -2.06. The van der Waals surface area contributed by atoms with Crippen molar-refractivity contribution in [2.45, 2.75) is 39.5 Å². The Morgan fingerprint density at radius 2 is 1.45 bits per heavy atom. The zero-order chi connectivity index (χ0) is 16.6. The third kappa shape index (κ3) is 12.5. The van der Waals surface area contributed by atoms with Crippen molar-refractivity contribution in [1.82, 2.24) is 10.6 Å². The molecule has 0 aliphatic carbocycles. The molecule has 8 heteroatoms. The van der Waals surface area contributed by atoms with Gasteiger partial charge in [0, 0.05) is 13.1 Å². The number of nitrogens with zero attached hydrogens (tertiary/aromatic N) is 2. The van der Waals surface area contributed by atoms with E-state index >= 15 is 0 Å². The van der Waals surface area contributed by atoms with Gasteiger partial charge in [-0.3, -0.25) is 9.59 Å². The number of amides is 2. The Morgan fingerprint density at radius 3 is 1.82 bits per heavy atom. The molecule has 6 nitrogen and oxygen atoms in total. The van der Waals surface area contributed by atoms with Crippen LogP contribution >= 0.6 is 23.5 Å². The first-order chi connectivity index (χ1) is 10.6. The minimum Gasteiger partial charge on any atom is -0.355 e. The molecule has 0 aliphatic heterocycles. The number of unbranched alkanes of at least 4 members (excludes halogenated alkanes) is 2. The highest BCUT2D eigenvalue weighted by molar-refractivity contribution is 8.39. The summed E-state index contributed by atoms with van der Waals surface area (Å²) in [6.07, 6.45) is 5.65. The summed E-state index contributed by atoms with van der Waals surface area (Å²) in [5.74, 6) is 0.234. The SMILES string of the molecule is CCCCNC(=O)CSC(=NC#N)SCC(=O)NCCCC. The second kappa shape index (κ2) is 14.7.